The van der Waals surface area contributed by atoms with Crippen molar-refractivity contribution < 1.29 is 14.7 Å². The van der Waals surface area contributed by atoms with E-state index in [2.05, 4.69) is 0 Å². The van der Waals surface area contributed by atoms with E-state index in [0.717, 1.165) is 43.2 Å². The maximum Gasteiger partial charge on any atom is 0.295 e. The largest absolute Gasteiger partial charge is 0.507 e. The van der Waals surface area contributed by atoms with Crippen LogP contribution in [0.15, 0.2) is 48.0 Å². The smallest absolute Gasteiger partial charge is 0.295 e. The van der Waals surface area contributed by atoms with E-state index in [9.17, 15) is 14.7 Å². The number of aryl methyl sites for hydroxylation is 1. The minimum absolute atomic E-state index is 0.0141. The summed E-state index contributed by atoms with van der Waals surface area (Å²) in [6, 6.07) is 11.8. The fourth-order valence-corrected chi connectivity index (χ4v) is 4.85. The van der Waals surface area contributed by atoms with Crippen LogP contribution in [0, 0.1) is 6.92 Å². The molecular weight excluding hydrogens is 421 g/mol. The van der Waals surface area contributed by atoms with Gasteiger partial charge in [-0.05, 0) is 43.5 Å². The van der Waals surface area contributed by atoms with Crippen LogP contribution >= 0.6 is 23.2 Å². The molecule has 0 radical (unpaired) electrons. The Morgan fingerprint density at radius 1 is 1.00 bits per heavy atom. The lowest BCUT2D eigenvalue weighted by Crippen LogP contribution is -2.40. The molecule has 2 aliphatic rings. The number of amides is 1. The van der Waals surface area contributed by atoms with E-state index in [-0.39, 0.29) is 22.4 Å². The second kappa shape index (κ2) is 8.44. The number of benzene rings is 2. The maximum atomic E-state index is 13.1. The third-order valence-corrected chi connectivity index (χ3v) is 6.74. The van der Waals surface area contributed by atoms with Crippen molar-refractivity contribution in [2.75, 3.05) is 0 Å². The van der Waals surface area contributed by atoms with Gasteiger partial charge in [0.25, 0.3) is 11.7 Å². The molecule has 1 atom stereocenters. The first-order chi connectivity index (χ1) is 14.4. The number of aliphatic hydroxyl groups excluding tert-OH is 1. The molecule has 1 amide bonds. The van der Waals surface area contributed by atoms with Crippen LogP contribution in [0.3, 0.4) is 0 Å². The minimum atomic E-state index is -0.657. The van der Waals surface area contributed by atoms with Gasteiger partial charge in [-0.15, -0.1) is 0 Å². The zero-order valence-electron chi connectivity index (χ0n) is 16.7. The summed E-state index contributed by atoms with van der Waals surface area (Å²) in [5, 5.41) is 11.7. The van der Waals surface area contributed by atoms with Crippen LogP contribution in [0.5, 0.6) is 0 Å². The lowest BCUT2D eigenvalue weighted by molar-refractivity contribution is -0.141. The minimum Gasteiger partial charge on any atom is -0.507 e. The Bertz CT molecular complexity index is 1040. The number of carbonyl (C=O) groups excluding carboxylic acids is 2. The highest BCUT2D eigenvalue weighted by atomic mass is 35.5. The van der Waals surface area contributed by atoms with E-state index in [1.54, 1.807) is 17.0 Å². The fraction of sp³-hybridized carbons (Fsp3) is 0.333. The standard InChI is InChI=1S/C24H23Cl2NO3/c1-14-6-5-7-15(12-14)21-20(22(28)16-10-11-18(25)19(26)13-16)23(29)24(30)27(21)17-8-3-2-4-9-17/h5-7,10-13,17,21,28H,2-4,8-9H2,1H3/b22-20-. The number of rotatable bonds is 3. The molecule has 6 heteroatoms. The van der Waals surface area contributed by atoms with E-state index in [4.69, 9.17) is 23.2 Å². The summed E-state index contributed by atoms with van der Waals surface area (Å²) >= 11 is 12.1. The number of nitrogens with zero attached hydrogens (tertiary/aromatic N) is 1. The lowest BCUT2D eigenvalue weighted by atomic mass is 9.90. The number of carbonyl (C=O) groups is 2. The normalized spacial score (nSPS) is 22.0. The number of ketones is 1. The molecule has 0 spiro atoms. The zero-order valence-corrected chi connectivity index (χ0v) is 18.2. The van der Waals surface area contributed by atoms with Crippen LogP contribution in [0.1, 0.15) is 54.8 Å². The summed E-state index contributed by atoms with van der Waals surface area (Å²) in [6.45, 7) is 1.97. The fourth-order valence-electron chi connectivity index (χ4n) is 4.55. The number of hydrogen-bond donors (Lipinski definition) is 1. The molecule has 2 aromatic carbocycles. The van der Waals surface area contributed by atoms with E-state index < -0.39 is 17.7 Å². The van der Waals surface area contributed by atoms with E-state index in [0.29, 0.717) is 10.6 Å². The van der Waals surface area contributed by atoms with Gasteiger partial charge in [-0.25, -0.2) is 0 Å². The second-order valence-corrected chi connectivity index (χ2v) is 8.86. The molecule has 30 heavy (non-hydrogen) atoms. The van der Waals surface area contributed by atoms with Crippen LogP contribution in [0.4, 0.5) is 0 Å². The van der Waals surface area contributed by atoms with E-state index in [1.807, 2.05) is 31.2 Å². The highest BCUT2D eigenvalue weighted by Crippen LogP contribution is 2.43. The van der Waals surface area contributed by atoms with Gasteiger partial charge in [-0.1, -0.05) is 72.3 Å². The number of halogens is 2. The Kier molecular flexibility index (Phi) is 5.90. The summed E-state index contributed by atoms with van der Waals surface area (Å²) in [5.41, 5.74) is 2.32. The summed E-state index contributed by atoms with van der Waals surface area (Å²) < 4.78 is 0. The van der Waals surface area contributed by atoms with Crippen molar-refractivity contribution in [3.8, 4) is 0 Å². The first-order valence-electron chi connectivity index (χ1n) is 10.2. The molecule has 0 bridgehead atoms. The van der Waals surface area contributed by atoms with Crippen molar-refractivity contribution in [2.45, 2.75) is 51.1 Å². The Labute approximate surface area is 186 Å². The van der Waals surface area contributed by atoms with Gasteiger partial charge >= 0.3 is 0 Å². The van der Waals surface area contributed by atoms with Gasteiger partial charge in [-0.2, -0.15) is 0 Å². The highest BCUT2D eigenvalue weighted by molar-refractivity contribution is 6.47. The van der Waals surface area contributed by atoms with Crippen molar-refractivity contribution in [3.63, 3.8) is 0 Å². The van der Waals surface area contributed by atoms with Gasteiger partial charge < -0.3 is 10.0 Å². The summed E-state index contributed by atoms with van der Waals surface area (Å²) in [4.78, 5) is 27.9. The molecule has 2 fully saturated rings. The van der Waals surface area contributed by atoms with Gasteiger partial charge in [0.05, 0.1) is 21.7 Å². The van der Waals surface area contributed by atoms with E-state index >= 15 is 0 Å². The predicted molar refractivity (Wildman–Crippen MR) is 119 cm³/mol. The average molecular weight is 444 g/mol. The molecule has 1 saturated heterocycles. The van der Waals surface area contributed by atoms with Gasteiger partial charge in [0.2, 0.25) is 0 Å². The Morgan fingerprint density at radius 2 is 1.73 bits per heavy atom. The summed E-state index contributed by atoms with van der Waals surface area (Å²) in [6.07, 6.45) is 4.92. The van der Waals surface area contributed by atoms with Crippen molar-refractivity contribution in [3.05, 3.63) is 74.8 Å². The molecular formula is C24H23Cl2NO3. The number of Topliss-reactive ketones (excluding diaryl/α,β-unsaturated/α-hetero) is 1. The summed E-state index contributed by atoms with van der Waals surface area (Å²) in [7, 11) is 0. The van der Waals surface area contributed by atoms with Gasteiger partial charge in [-0.3, -0.25) is 9.59 Å². The molecule has 4 rings (SSSR count). The monoisotopic (exact) mass is 443 g/mol. The van der Waals surface area contributed by atoms with Crippen LogP contribution < -0.4 is 0 Å². The number of hydrogen-bond acceptors (Lipinski definition) is 3. The van der Waals surface area contributed by atoms with Crippen LogP contribution in [-0.2, 0) is 9.59 Å². The molecule has 1 aliphatic carbocycles. The molecule has 1 N–H and O–H groups in total. The molecule has 2 aromatic rings. The molecule has 1 saturated carbocycles. The van der Waals surface area contributed by atoms with E-state index in [1.165, 1.54) is 6.07 Å². The third kappa shape index (κ3) is 3.75. The summed E-state index contributed by atoms with van der Waals surface area (Å²) in [5.74, 6) is -1.43. The maximum absolute atomic E-state index is 13.1. The number of aliphatic hydroxyl groups is 1. The average Bonchev–Trinajstić information content (AvgIpc) is 3.01. The Morgan fingerprint density at radius 3 is 2.40 bits per heavy atom. The quantitative estimate of drug-likeness (QED) is 0.356. The third-order valence-electron chi connectivity index (χ3n) is 6.00. The Balaban J connectivity index is 1.89. The van der Waals surface area contributed by atoms with Crippen LogP contribution in [0.25, 0.3) is 5.76 Å². The molecule has 0 aromatic heterocycles. The van der Waals surface area contributed by atoms with Gasteiger partial charge in [0.15, 0.2) is 0 Å². The molecule has 1 aliphatic heterocycles. The van der Waals surface area contributed by atoms with Crippen molar-refractivity contribution in [1.82, 2.24) is 4.90 Å². The van der Waals surface area contributed by atoms with Crippen molar-refractivity contribution >= 4 is 40.7 Å². The molecule has 1 unspecified atom stereocenters. The SMILES string of the molecule is Cc1cccc(C2/C(=C(/O)c3ccc(Cl)c(Cl)c3)C(=O)C(=O)N2C2CCCCC2)c1. The number of likely N-dealkylation sites (tertiary alicyclic amines) is 1. The second-order valence-electron chi connectivity index (χ2n) is 8.04. The first kappa shape index (κ1) is 21.0. The van der Waals surface area contributed by atoms with Gasteiger partial charge in [0.1, 0.15) is 5.76 Å². The lowest BCUT2D eigenvalue weighted by Gasteiger charge is -2.35. The first-order valence-corrected chi connectivity index (χ1v) is 11.0. The predicted octanol–water partition coefficient (Wildman–Crippen LogP) is 6.06. The van der Waals surface area contributed by atoms with Crippen LogP contribution in [-0.4, -0.2) is 27.7 Å². The highest BCUT2D eigenvalue weighted by Gasteiger charge is 2.48. The van der Waals surface area contributed by atoms with Crippen molar-refractivity contribution in [1.29, 1.82) is 0 Å². The molecule has 1 heterocycles. The Hall–Kier alpha value is -2.30. The van der Waals surface area contributed by atoms with Crippen molar-refractivity contribution in [2.24, 2.45) is 0 Å². The van der Waals surface area contributed by atoms with Gasteiger partial charge in [0, 0.05) is 11.6 Å². The molecule has 4 nitrogen and oxygen atoms in total. The zero-order chi connectivity index (χ0) is 21.4. The van der Waals surface area contributed by atoms with Crippen LogP contribution in [0.2, 0.25) is 10.0 Å². The topological polar surface area (TPSA) is 57.6 Å². The molecule has 156 valence electrons.